The molecule has 2 atom stereocenters. The SMILES string of the molecule is C[C@@H]1CC(OCc2c(-c3ccccc3Cl)noc2C2CC2)CCN1C(=O)OC(C)(C)C. The molecule has 1 aliphatic carbocycles. The van der Waals surface area contributed by atoms with Crippen LogP contribution in [0.1, 0.15) is 70.6 Å². The Bertz CT molecular complexity index is 932. The maximum absolute atomic E-state index is 12.5. The topological polar surface area (TPSA) is 64.8 Å². The van der Waals surface area contributed by atoms with Crippen LogP contribution < -0.4 is 0 Å². The number of piperidine rings is 1. The van der Waals surface area contributed by atoms with E-state index in [0.717, 1.165) is 48.3 Å². The van der Waals surface area contributed by atoms with E-state index >= 15 is 0 Å². The number of ether oxygens (including phenoxy) is 2. The van der Waals surface area contributed by atoms with Gasteiger partial charge in [0.15, 0.2) is 0 Å². The Labute approximate surface area is 188 Å². The van der Waals surface area contributed by atoms with Crippen molar-refractivity contribution in [2.45, 2.75) is 83.6 Å². The van der Waals surface area contributed by atoms with Gasteiger partial charge >= 0.3 is 6.09 Å². The summed E-state index contributed by atoms with van der Waals surface area (Å²) in [6.07, 6.45) is 3.59. The smallest absolute Gasteiger partial charge is 0.410 e. The fraction of sp³-hybridized carbons (Fsp3) is 0.583. The van der Waals surface area contributed by atoms with Crippen LogP contribution in [0.15, 0.2) is 28.8 Å². The number of nitrogens with zero attached hydrogens (tertiary/aromatic N) is 2. The molecule has 1 aliphatic heterocycles. The van der Waals surface area contributed by atoms with Gasteiger partial charge in [-0.1, -0.05) is 35.0 Å². The van der Waals surface area contributed by atoms with Gasteiger partial charge in [0.1, 0.15) is 17.1 Å². The highest BCUT2D eigenvalue weighted by Gasteiger charge is 2.35. The largest absolute Gasteiger partial charge is 0.444 e. The summed E-state index contributed by atoms with van der Waals surface area (Å²) in [5.74, 6) is 1.35. The summed E-state index contributed by atoms with van der Waals surface area (Å²) in [6, 6.07) is 7.74. The van der Waals surface area contributed by atoms with E-state index < -0.39 is 5.60 Å². The molecule has 4 rings (SSSR count). The third-order valence-corrected chi connectivity index (χ3v) is 6.14. The van der Waals surface area contributed by atoms with Crippen LogP contribution >= 0.6 is 11.6 Å². The Balaban J connectivity index is 1.43. The predicted molar refractivity (Wildman–Crippen MR) is 119 cm³/mol. The average Bonchev–Trinajstić information content (AvgIpc) is 3.45. The molecule has 0 bridgehead atoms. The molecule has 6 nitrogen and oxygen atoms in total. The van der Waals surface area contributed by atoms with Gasteiger partial charge in [0.2, 0.25) is 0 Å². The van der Waals surface area contributed by atoms with Gasteiger partial charge in [-0.15, -0.1) is 0 Å². The Hall–Kier alpha value is -2.05. The van der Waals surface area contributed by atoms with Crippen molar-refractivity contribution < 1.29 is 18.8 Å². The van der Waals surface area contributed by atoms with E-state index in [1.54, 1.807) is 4.90 Å². The summed E-state index contributed by atoms with van der Waals surface area (Å²) in [4.78, 5) is 14.3. The molecule has 2 aliphatic rings. The molecular weight excluding hydrogens is 416 g/mol. The maximum Gasteiger partial charge on any atom is 0.410 e. The zero-order chi connectivity index (χ0) is 22.2. The summed E-state index contributed by atoms with van der Waals surface area (Å²) in [5, 5.41) is 5.00. The van der Waals surface area contributed by atoms with Gasteiger partial charge in [0, 0.05) is 29.6 Å². The summed E-state index contributed by atoms with van der Waals surface area (Å²) < 4.78 is 17.6. The molecule has 7 heteroatoms. The van der Waals surface area contributed by atoms with Crippen molar-refractivity contribution in [2.75, 3.05) is 6.54 Å². The molecule has 2 aromatic rings. The average molecular weight is 447 g/mol. The molecule has 0 N–H and O–H groups in total. The van der Waals surface area contributed by atoms with Gasteiger partial charge in [0.25, 0.3) is 0 Å². The molecule has 1 saturated carbocycles. The number of hydrogen-bond acceptors (Lipinski definition) is 5. The van der Waals surface area contributed by atoms with Gasteiger partial charge in [-0.3, -0.25) is 0 Å². The third-order valence-electron chi connectivity index (χ3n) is 5.82. The molecule has 31 heavy (non-hydrogen) atoms. The molecule has 1 aromatic heterocycles. The fourth-order valence-electron chi connectivity index (χ4n) is 4.07. The van der Waals surface area contributed by atoms with Gasteiger partial charge in [-0.05, 0) is 59.4 Å². The van der Waals surface area contributed by atoms with Crippen LogP contribution in [0.3, 0.4) is 0 Å². The number of halogens is 1. The van der Waals surface area contributed by atoms with E-state index in [1.165, 1.54) is 0 Å². The fourth-order valence-corrected chi connectivity index (χ4v) is 4.29. The van der Waals surface area contributed by atoms with Crippen molar-refractivity contribution in [3.8, 4) is 11.3 Å². The van der Waals surface area contributed by atoms with E-state index in [0.29, 0.717) is 24.1 Å². The number of carbonyl (C=O) groups is 1. The highest BCUT2D eigenvalue weighted by molar-refractivity contribution is 6.33. The Morgan fingerprint density at radius 3 is 2.65 bits per heavy atom. The first-order chi connectivity index (χ1) is 14.7. The van der Waals surface area contributed by atoms with Crippen LogP contribution in [-0.4, -0.2) is 40.4 Å². The highest BCUT2D eigenvalue weighted by atomic mass is 35.5. The van der Waals surface area contributed by atoms with Crippen LogP contribution in [0.5, 0.6) is 0 Å². The molecule has 0 spiro atoms. The molecule has 1 aromatic carbocycles. The van der Waals surface area contributed by atoms with Crippen molar-refractivity contribution >= 4 is 17.7 Å². The lowest BCUT2D eigenvalue weighted by atomic mass is 10.0. The monoisotopic (exact) mass is 446 g/mol. The van der Waals surface area contributed by atoms with Gasteiger partial charge in [0.05, 0.1) is 17.7 Å². The first-order valence-electron chi connectivity index (χ1n) is 11.1. The normalized spacial score (nSPS) is 21.9. The first kappa shape index (κ1) is 22.2. The molecule has 168 valence electrons. The van der Waals surface area contributed by atoms with E-state index in [-0.39, 0.29) is 18.2 Å². The standard InChI is InChI=1S/C24H31ClN2O4/c1-15-13-17(11-12-27(15)23(28)30-24(2,3)4)29-14-19-21(18-7-5-6-8-20(18)25)26-31-22(19)16-9-10-16/h5-8,15-17H,9-14H2,1-4H3/t15-,17?/m1/s1. The molecule has 0 radical (unpaired) electrons. The van der Waals surface area contributed by atoms with E-state index in [4.69, 9.17) is 25.6 Å². The van der Waals surface area contributed by atoms with Crippen molar-refractivity contribution in [1.29, 1.82) is 0 Å². The van der Waals surface area contributed by atoms with Crippen LogP contribution in [0.25, 0.3) is 11.3 Å². The lowest BCUT2D eigenvalue weighted by Gasteiger charge is -2.38. The van der Waals surface area contributed by atoms with Crippen molar-refractivity contribution in [3.63, 3.8) is 0 Å². The first-order valence-corrected chi connectivity index (χ1v) is 11.5. The van der Waals surface area contributed by atoms with E-state index in [9.17, 15) is 4.79 Å². The van der Waals surface area contributed by atoms with Crippen molar-refractivity contribution in [3.05, 3.63) is 40.6 Å². The molecule has 2 heterocycles. The van der Waals surface area contributed by atoms with Gasteiger partial charge in [-0.2, -0.15) is 0 Å². The van der Waals surface area contributed by atoms with Crippen LogP contribution in [0, 0.1) is 0 Å². The van der Waals surface area contributed by atoms with E-state index in [2.05, 4.69) is 5.16 Å². The minimum absolute atomic E-state index is 0.0574. The zero-order valence-electron chi connectivity index (χ0n) is 18.7. The number of amides is 1. The number of rotatable bonds is 5. The second kappa shape index (κ2) is 8.83. The second-order valence-corrected chi connectivity index (χ2v) is 10.0. The Morgan fingerprint density at radius 2 is 2.00 bits per heavy atom. The predicted octanol–water partition coefficient (Wildman–Crippen LogP) is 6.18. The number of carbonyl (C=O) groups excluding carboxylic acids is 1. The van der Waals surface area contributed by atoms with Crippen molar-refractivity contribution in [1.82, 2.24) is 10.1 Å². The lowest BCUT2D eigenvalue weighted by Crippen LogP contribution is -2.48. The quantitative estimate of drug-likeness (QED) is 0.548. The summed E-state index contributed by atoms with van der Waals surface area (Å²) in [7, 11) is 0. The molecular formula is C24H31ClN2O4. The summed E-state index contributed by atoms with van der Waals surface area (Å²) >= 11 is 6.42. The minimum Gasteiger partial charge on any atom is -0.444 e. The third kappa shape index (κ3) is 5.24. The summed E-state index contributed by atoms with van der Waals surface area (Å²) in [6.45, 7) is 8.76. The van der Waals surface area contributed by atoms with Crippen molar-refractivity contribution in [2.24, 2.45) is 0 Å². The minimum atomic E-state index is -0.493. The zero-order valence-corrected chi connectivity index (χ0v) is 19.4. The van der Waals surface area contributed by atoms with Gasteiger partial charge in [-0.25, -0.2) is 4.79 Å². The maximum atomic E-state index is 12.5. The number of aromatic nitrogens is 1. The number of hydrogen-bond donors (Lipinski definition) is 0. The Morgan fingerprint density at radius 1 is 1.26 bits per heavy atom. The van der Waals surface area contributed by atoms with E-state index in [1.807, 2.05) is 52.0 Å². The second-order valence-electron chi connectivity index (χ2n) is 9.61. The van der Waals surface area contributed by atoms with Crippen LogP contribution in [0.4, 0.5) is 4.79 Å². The van der Waals surface area contributed by atoms with Crippen LogP contribution in [-0.2, 0) is 16.1 Å². The molecule has 1 saturated heterocycles. The summed E-state index contributed by atoms with van der Waals surface area (Å²) in [5.41, 5.74) is 2.14. The lowest BCUT2D eigenvalue weighted by molar-refractivity contribution is -0.0331. The van der Waals surface area contributed by atoms with Gasteiger partial charge < -0.3 is 18.9 Å². The molecule has 2 fully saturated rings. The number of benzene rings is 1. The molecule has 1 amide bonds. The Kier molecular flexibility index (Phi) is 6.31. The molecule has 1 unspecified atom stereocenters. The van der Waals surface area contributed by atoms with Crippen LogP contribution in [0.2, 0.25) is 5.02 Å². The number of likely N-dealkylation sites (tertiary alicyclic amines) is 1. The highest BCUT2D eigenvalue weighted by Crippen LogP contribution is 2.45.